The molecular weight excluding hydrogens is 332 g/mol. The number of aromatic amines is 1. The fraction of sp³-hybridized carbons (Fsp3) is 0.556. The predicted molar refractivity (Wildman–Crippen MR) is 103 cm³/mol. The first-order valence-electron chi connectivity index (χ1n) is 9.11. The van der Waals surface area contributed by atoms with Gasteiger partial charge in [-0.2, -0.15) is 4.98 Å². The lowest BCUT2D eigenvalue weighted by Gasteiger charge is -2.15. The summed E-state index contributed by atoms with van der Waals surface area (Å²) in [5, 5.41) is 11.6. The summed E-state index contributed by atoms with van der Waals surface area (Å²) in [6.45, 7) is 1.89. The Balaban J connectivity index is 1.47. The highest BCUT2D eigenvalue weighted by molar-refractivity contribution is 7.97. The van der Waals surface area contributed by atoms with Crippen molar-refractivity contribution in [2.24, 2.45) is 0 Å². The van der Waals surface area contributed by atoms with E-state index in [0.717, 1.165) is 24.2 Å². The normalized spacial score (nSPS) is 15.6. The van der Waals surface area contributed by atoms with Crippen LogP contribution in [0.5, 0.6) is 0 Å². The van der Waals surface area contributed by atoms with E-state index in [1.165, 1.54) is 78.4 Å². The van der Waals surface area contributed by atoms with Crippen molar-refractivity contribution in [2.75, 3.05) is 32.5 Å². The average Bonchev–Trinajstić information content (AvgIpc) is 3.31. The summed E-state index contributed by atoms with van der Waals surface area (Å²) in [7, 11) is 4.13. The number of hydrogen-bond acceptors (Lipinski definition) is 6. The third-order valence-corrected chi connectivity index (χ3v) is 5.72. The van der Waals surface area contributed by atoms with E-state index in [0.29, 0.717) is 0 Å². The lowest BCUT2D eigenvalue weighted by Crippen LogP contribution is -2.22. The third kappa shape index (κ3) is 3.68. The van der Waals surface area contributed by atoms with Crippen molar-refractivity contribution >= 4 is 23.6 Å². The number of rotatable bonds is 7. The minimum Gasteiger partial charge on any atom is -0.324 e. The molecule has 0 aliphatic heterocycles. The minimum atomic E-state index is 0.727. The Morgan fingerprint density at radius 3 is 2.52 bits per heavy atom. The van der Waals surface area contributed by atoms with E-state index in [1.807, 2.05) is 0 Å². The number of likely N-dealkylation sites (N-methyl/N-ethyl adjacent to an activating group) is 1. The largest absolute Gasteiger partial charge is 0.324 e. The lowest BCUT2D eigenvalue weighted by atomic mass is 9.99. The molecule has 1 aromatic carbocycles. The SMILES string of the molecule is CN(C)CCNSc1n[nH]c(Nc2c3c(cc4c2CCC4)CCC3)n1. The number of H-pyrrole nitrogens is 1. The van der Waals surface area contributed by atoms with Crippen LogP contribution in [0.25, 0.3) is 0 Å². The smallest absolute Gasteiger partial charge is 0.225 e. The van der Waals surface area contributed by atoms with Gasteiger partial charge in [-0.25, -0.2) is 5.10 Å². The van der Waals surface area contributed by atoms with E-state index in [4.69, 9.17) is 0 Å². The topological polar surface area (TPSA) is 68.9 Å². The molecule has 1 heterocycles. The van der Waals surface area contributed by atoms with Gasteiger partial charge in [-0.15, -0.1) is 5.10 Å². The monoisotopic (exact) mass is 358 g/mol. The maximum absolute atomic E-state index is 4.58. The Labute approximate surface area is 153 Å². The maximum Gasteiger partial charge on any atom is 0.225 e. The Hall–Kier alpha value is -1.57. The first-order valence-corrected chi connectivity index (χ1v) is 9.92. The zero-order chi connectivity index (χ0) is 17.2. The van der Waals surface area contributed by atoms with Gasteiger partial charge in [0.2, 0.25) is 11.1 Å². The first-order chi connectivity index (χ1) is 12.2. The predicted octanol–water partition coefficient (Wildman–Crippen LogP) is 2.68. The number of aryl methyl sites for hydroxylation is 2. The molecule has 3 N–H and O–H groups in total. The molecule has 0 amide bonds. The summed E-state index contributed by atoms with van der Waals surface area (Å²) in [5.74, 6) is 0.742. The minimum absolute atomic E-state index is 0.727. The van der Waals surface area contributed by atoms with Gasteiger partial charge in [-0.1, -0.05) is 6.07 Å². The summed E-state index contributed by atoms with van der Waals surface area (Å²) < 4.78 is 3.30. The van der Waals surface area contributed by atoms with Crippen LogP contribution in [0.4, 0.5) is 11.6 Å². The molecule has 4 rings (SSSR count). The molecule has 0 bridgehead atoms. The molecule has 0 unspecified atom stereocenters. The van der Waals surface area contributed by atoms with Crippen LogP contribution in [-0.2, 0) is 25.7 Å². The average molecular weight is 359 g/mol. The zero-order valence-corrected chi connectivity index (χ0v) is 15.8. The van der Waals surface area contributed by atoms with E-state index in [-0.39, 0.29) is 0 Å². The first kappa shape index (κ1) is 16.9. The van der Waals surface area contributed by atoms with Crippen LogP contribution in [0.3, 0.4) is 0 Å². The maximum atomic E-state index is 4.58. The highest BCUT2D eigenvalue weighted by Crippen LogP contribution is 2.39. The van der Waals surface area contributed by atoms with Gasteiger partial charge in [-0.3, -0.25) is 4.72 Å². The van der Waals surface area contributed by atoms with Crippen molar-refractivity contribution in [1.82, 2.24) is 24.8 Å². The van der Waals surface area contributed by atoms with Crippen molar-refractivity contribution in [1.29, 1.82) is 0 Å². The molecule has 1 aromatic heterocycles. The molecule has 0 fully saturated rings. The summed E-state index contributed by atoms with van der Waals surface area (Å²) in [6, 6.07) is 2.45. The van der Waals surface area contributed by atoms with Crippen LogP contribution in [0.2, 0.25) is 0 Å². The van der Waals surface area contributed by atoms with E-state index in [1.54, 1.807) is 0 Å². The van der Waals surface area contributed by atoms with Gasteiger partial charge in [0.1, 0.15) is 0 Å². The molecule has 0 atom stereocenters. The van der Waals surface area contributed by atoms with Gasteiger partial charge >= 0.3 is 0 Å². The van der Waals surface area contributed by atoms with Crippen molar-refractivity contribution in [2.45, 2.75) is 43.7 Å². The molecule has 0 spiro atoms. The Morgan fingerprint density at radius 2 is 1.84 bits per heavy atom. The Bertz CT molecular complexity index is 722. The van der Waals surface area contributed by atoms with E-state index in [9.17, 15) is 0 Å². The lowest BCUT2D eigenvalue weighted by molar-refractivity contribution is 0.415. The van der Waals surface area contributed by atoms with Gasteiger partial charge < -0.3 is 10.2 Å². The van der Waals surface area contributed by atoms with Gasteiger partial charge in [0, 0.05) is 18.8 Å². The number of hydrogen-bond donors (Lipinski definition) is 3. The molecule has 0 saturated carbocycles. The second kappa shape index (κ2) is 7.35. The van der Waals surface area contributed by atoms with Crippen molar-refractivity contribution < 1.29 is 0 Å². The number of benzene rings is 1. The number of fused-ring (bicyclic) bond motifs is 2. The zero-order valence-electron chi connectivity index (χ0n) is 15.0. The standard InChI is InChI=1S/C18H26N6S/c1-24(2)10-9-19-25-18-21-17(22-23-18)20-16-14-7-3-5-12(14)11-13-6-4-8-15(13)16/h11,19H,3-10H2,1-2H3,(H2,20,21,22,23). The number of nitrogens with one attached hydrogen (secondary N) is 3. The van der Waals surface area contributed by atoms with Crippen LogP contribution in [0.15, 0.2) is 11.2 Å². The van der Waals surface area contributed by atoms with Crippen molar-refractivity contribution in [3.63, 3.8) is 0 Å². The number of nitrogens with zero attached hydrogens (tertiary/aromatic N) is 3. The number of anilines is 2. The molecule has 2 aliphatic rings. The van der Waals surface area contributed by atoms with Crippen LogP contribution in [-0.4, -0.2) is 47.3 Å². The van der Waals surface area contributed by atoms with E-state index >= 15 is 0 Å². The molecule has 2 aromatic rings. The van der Waals surface area contributed by atoms with E-state index in [2.05, 4.69) is 50.3 Å². The summed E-state index contributed by atoms with van der Waals surface area (Å²) >= 11 is 1.47. The van der Waals surface area contributed by atoms with E-state index < -0.39 is 0 Å². The fourth-order valence-corrected chi connectivity index (χ4v) is 4.37. The molecule has 25 heavy (non-hydrogen) atoms. The molecule has 0 radical (unpaired) electrons. The van der Waals surface area contributed by atoms with Gasteiger partial charge in [0.25, 0.3) is 0 Å². The van der Waals surface area contributed by atoms with Crippen molar-refractivity contribution in [3.8, 4) is 0 Å². The van der Waals surface area contributed by atoms with Gasteiger partial charge in [-0.05, 0) is 86.8 Å². The van der Waals surface area contributed by atoms with Crippen molar-refractivity contribution in [3.05, 3.63) is 28.3 Å². The Kier molecular flexibility index (Phi) is 4.96. The molecule has 0 saturated heterocycles. The number of aromatic nitrogens is 3. The summed E-state index contributed by atoms with van der Waals surface area (Å²) in [6.07, 6.45) is 7.30. The third-order valence-electron chi connectivity index (χ3n) is 5.01. The molecular formula is C18H26N6S. The Morgan fingerprint density at radius 1 is 1.12 bits per heavy atom. The summed E-state index contributed by atoms with van der Waals surface area (Å²) in [5.41, 5.74) is 7.35. The van der Waals surface area contributed by atoms with Crippen LogP contribution < -0.4 is 10.0 Å². The van der Waals surface area contributed by atoms with Gasteiger partial charge in [0.15, 0.2) is 0 Å². The van der Waals surface area contributed by atoms with Crippen LogP contribution in [0.1, 0.15) is 35.1 Å². The highest BCUT2D eigenvalue weighted by atomic mass is 32.2. The second-order valence-corrected chi connectivity index (χ2v) is 7.98. The highest BCUT2D eigenvalue weighted by Gasteiger charge is 2.24. The van der Waals surface area contributed by atoms with Gasteiger partial charge in [0.05, 0.1) is 0 Å². The van der Waals surface area contributed by atoms with Crippen LogP contribution in [0, 0.1) is 0 Å². The summed E-state index contributed by atoms with van der Waals surface area (Å²) in [4.78, 5) is 6.73. The fourth-order valence-electron chi connectivity index (χ4n) is 3.82. The molecule has 134 valence electrons. The second-order valence-electron chi connectivity index (χ2n) is 7.13. The van der Waals surface area contributed by atoms with Crippen LogP contribution >= 0.6 is 11.9 Å². The molecule has 7 heteroatoms. The molecule has 2 aliphatic carbocycles. The quantitative estimate of drug-likeness (QED) is 0.522. The molecule has 6 nitrogen and oxygen atoms in total.